The van der Waals surface area contributed by atoms with Crippen LogP contribution in [0.5, 0.6) is 0 Å². The topological polar surface area (TPSA) is 0 Å². The lowest BCUT2D eigenvalue weighted by atomic mass is 9.51. The van der Waals surface area contributed by atoms with Crippen molar-refractivity contribution >= 4 is 5.57 Å². The number of hydrogen-bond donors (Lipinski definition) is 0. The number of fused-ring (bicyclic) bond motifs is 1. The molecule has 2 aromatic rings. The summed E-state index contributed by atoms with van der Waals surface area (Å²) in [7, 11) is 0. The highest BCUT2D eigenvalue weighted by molar-refractivity contribution is 5.72. The van der Waals surface area contributed by atoms with Crippen LogP contribution in [0, 0.1) is 73.0 Å². The molecule has 11 atom stereocenters. The largest absolute Gasteiger partial charge is 0.0952 e. The van der Waals surface area contributed by atoms with Gasteiger partial charge in [0.1, 0.15) is 0 Å². The molecule has 0 heteroatoms. The average Bonchev–Trinajstić information content (AvgIpc) is 2.92. The fourth-order valence-electron chi connectivity index (χ4n) is 10.1. The zero-order valence-corrected chi connectivity index (χ0v) is 27.3. The van der Waals surface area contributed by atoms with E-state index in [1.165, 1.54) is 53.5 Å². The first kappa shape index (κ1) is 29.7. The lowest BCUT2D eigenvalue weighted by molar-refractivity contribution is -0.0480. The zero-order chi connectivity index (χ0) is 28.9. The van der Waals surface area contributed by atoms with Crippen LogP contribution in [-0.4, -0.2) is 0 Å². The summed E-state index contributed by atoms with van der Waals surface area (Å²) in [5.74, 6) is 8.94. The van der Waals surface area contributed by atoms with Crippen LogP contribution in [0.15, 0.2) is 43.0 Å². The first-order valence-electron chi connectivity index (χ1n) is 16.9. The van der Waals surface area contributed by atoms with E-state index >= 15 is 0 Å². The molecule has 0 heterocycles. The molecule has 0 nitrogen and oxygen atoms in total. The van der Waals surface area contributed by atoms with Gasteiger partial charge in [0.2, 0.25) is 0 Å². The smallest absolute Gasteiger partial charge is 0.00808 e. The van der Waals surface area contributed by atoms with Crippen molar-refractivity contribution < 1.29 is 0 Å². The van der Waals surface area contributed by atoms with E-state index in [4.69, 9.17) is 0 Å². The Balaban J connectivity index is 1.46. The maximum Gasteiger partial charge on any atom is -0.00808 e. The van der Waals surface area contributed by atoms with E-state index < -0.39 is 0 Å². The Labute approximate surface area is 247 Å². The second-order valence-corrected chi connectivity index (χ2v) is 15.2. The summed E-state index contributed by atoms with van der Waals surface area (Å²) in [6.45, 7) is 27.0. The molecule has 0 aliphatic heterocycles. The minimum Gasteiger partial charge on any atom is -0.0952 e. The predicted molar refractivity (Wildman–Crippen MR) is 175 cm³/mol. The van der Waals surface area contributed by atoms with Crippen LogP contribution in [0.25, 0.3) is 5.57 Å². The van der Waals surface area contributed by atoms with E-state index in [1.54, 1.807) is 11.1 Å². The molecular weight excluding hydrogens is 480 g/mol. The Bertz CT molecular complexity index is 1180. The molecule has 0 N–H and O–H groups in total. The number of allylic oxidation sites excluding steroid dienone is 1. The molecule has 40 heavy (non-hydrogen) atoms. The van der Waals surface area contributed by atoms with Crippen molar-refractivity contribution in [2.45, 2.75) is 107 Å². The quantitative estimate of drug-likeness (QED) is 0.355. The van der Waals surface area contributed by atoms with Crippen molar-refractivity contribution in [3.8, 4) is 0 Å². The molecule has 0 aromatic heterocycles. The van der Waals surface area contributed by atoms with Crippen LogP contribution in [0.2, 0.25) is 0 Å². The molecule has 0 radical (unpaired) electrons. The van der Waals surface area contributed by atoms with Gasteiger partial charge in [-0.05, 0) is 144 Å². The molecule has 0 spiro atoms. The van der Waals surface area contributed by atoms with Gasteiger partial charge in [0.05, 0.1) is 0 Å². The SMILES string of the molecule is C=C1CC(c2ccc(C)cc2)Cc2cc(CC3CC(CC)C(C)C(C)C3C3CC(C)C(C)C(C)C3C)cc(C)c21. The third-order valence-corrected chi connectivity index (χ3v) is 13.1. The van der Waals surface area contributed by atoms with E-state index in [0.717, 1.165) is 72.0 Å². The van der Waals surface area contributed by atoms with Crippen molar-refractivity contribution in [2.24, 2.45) is 59.2 Å². The molecule has 5 rings (SSSR count). The van der Waals surface area contributed by atoms with Crippen molar-refractivity contribution in [3.63, 3.8) is 0 Å². The van der Waals surface area contributed by atoms with Gasteiger partial charge in [0.15, 0.2) is 0 Å². The predicted octanol–water partition coefficient (Wildman–Crippen LogP) is 11.1. The summed E-state index contributed by atoms with van der Waals surface area (Å²) in [6.07, 6.45) is 7.68. The lowest BCUT2D eigenvalue weighted by Gasteiger charge is -2.54. The molecule has 2 fully saturated rings. The number of aryl methyl sites for hydroxylation is 2. The third kappa shape index (κ3) is 5.51. The highest BCUT2D eigenvalue weighted by Gasteiger charge is 2.48. The van der Waals surface area contributed by atoms with E-state index in [9.17, 15) is 0 Å². The highest BCUT2D eigenvalue weighted by Crippen LogP contribution is 2.55. The van der Waals surface area contributed by atoms with Gasteiger partial charge in [0.25, 0.3) is 0 Å². The van der Waals surface area contributed by atoms with Crippen molar-refractivity contribution in [1.82, 2.24) is 0 Å². The molecule has 11 unspecified atom stereocenters. The monoisotopic (exact) mass is 538 g/mol. The minimum absolute atomic E-state index is 0.552. The van der Waals surface area contributed by atoms with Crippen molar-refractivity contribution in [1.29, 1.82) is 0 Å². The van der Waals surface area contributed by atoms with Gasteiger partial charge < -0.3 is 0 Å². The Hall–Kier alpha value is -1.82. The van der Waals surface area contributed by atoms with Crippen LogP contribution < -0.4 is 0 Å². The summed E-state index contributed by atoms with van der Waals surface area (Å²) in [5.41, 5.74) is 10.2. The van der Waals surface area contributed by atoms with Crippen LogP contribution in [-0.2, 0) is 12.8 Å². The first-order valence-corrected chi connectivity index (χ1v) is 16.9. The van der Waals surface area contributed by atoms with Crippen LogP contribution in [0.1, 0.15) is 113 Å². The maximum absolute atomic E-state index is 4.60. The second kappa shape index (κ2) is 11.8. The molecule has 3 aliphatic carbocycles. The van der Waals surface area contributed by atoms with E-state index in [1.807, 2.05) is 0 Å². The number of benzene rings is 2. The van der Waals surface area contributed by atoms with Gasteiger partial charge in [-0.1, -0.05) is 103 Å². The number of hydrogen-bond acceptors (Lipinski definition) is 0. The van der Waals surface area contributed by atoms with Gasteiger partial charge in [-0.15, -0.1) is 0 Å². The van der Waals surface area contributed by atoms with Gasteiger partial charge in [0, 0.05) is 0 Å². The summed E-state index contributed by atoms with van der Waals surface area (Å²) in [5, 5.41) is 0. The molecule has 3 aliphatic rings. The third-order valence-electron chi connectivity index (χ3n) is 13.1. The van der Waals surface area contributed by atoms with Gasteiger partial charge in [-0.25, -0.2) is 0 Å². The summed E-state index contributed by atoms with van der Waals surface area (Å²) >= 11 is 0. The Morgan fingerprint density at radius 2 is 1.45 bits per heavy atom. The summed E-state index contributed by atoms with van der Waals surface area (Å²) < 4.78 is 0. The van der Waals surface area contributed by atoms with Gasteiger partial charge in [-0.3, -0.25) is 0 Å². The normalized spacial score (nSPS) is 38.2. The van der Waals surface area contributed by atoms with Gasteiger partial charge >= 0.3 is 0 Å². The first-order chi connectivity index (χ1) is 19.0. The van der Waals surface area contributed by atoms with E-state index in [2.05, 4.69) is 105 Å². The van der Waals surface area contributed by atoms with Crippen molar-refractivity contribution in [2.75, 3.05) is 0 Å². The maximum atomic E-state index is 4.60. The van der Waals surface area contributed by atoms with Crippen molar-refractivity contribution in [3.05, 3.63) is 76.4 Å². The minimum atomic E-state index is 0.552. The standard InChI is InChI=1S/C40H58/c1-11-33-21-37(40(31(10)29(33)8)38-18-24(3)27(6)28(7)30(38)9)20-32-16-25(4)39-26(5)17-35(22-36(39)19-32)34-14-12-23(2)13-15-34/h12-16,19,24,27-31,33,35,37-38,40H,5,11,17-18,20-22H2,1-4,6-10H3. The Morgan fingerprint density at radius 3 is 2.12 bits per heavy atom. The molecule has 2 saturated carbocycles. The molecule has 218 valence electrons. The molecule has 2 aromatic carbocycles. The average molecular weight is 539 g/mol. The molecular formula is C40H58. The van der Waals surface area contributed by atoms with E-state index in [-0.39, 0.29) is 0 Å². The highest BCUT2D eigenvalue weighted by atomic mass is 14.5. The fraction of sp³-hybridized carbons (Fsp3) is 0.650. The zero-order valence-electron chi connectivity index (χ0n) is 27.3. The van der Waals surface area contributed by atoms with Gasteiger partial charge in [-0.2, -0.15) is 0 Å². The number of rotatable bonds is 5. The molecule has 0 saturated heterocycles. The summed E-state index contributed by atoms with van der Waals surface area (Å²) in [4.78, 5) is 0. The molecule has 0 bridgehead atoms. The van der Waals surface area contributed by atoms with Crippen LogP contribution in [0.4, 0.5) is 0 Å². The molecule has 0 amide bonds. The van der Waals surface area contributed by atoms with Crippen LogP contribution >= 0.6 is 0 Å². The Morgan fingerprint density at radius 1 is 0.750 bits per heavy atom. The van der Waals surface area contributed by atoms with Crippen LogP contribution in [0.3, 0.4) is 0 Å². The summed E-state index contributed by atoms with van der Waals surface area (Å²) in [6, 6.07) is 14.4. The fourth-order valence-corrected chi connectivity index (χ4v) is 10.1. The van der Waals surface area contributed by atoms with E-state index in [0.29, 0.717) is 5.92 Å². The lowest BCUT2D eigenvalue weighted by Crippen LogP contribution is -2.48. The second-order valence-electron chi connectivity index (χ2n) is 15.2. The Kier molecular flexibility index (Phi) is 8.76.